The number of rotatable bonds is 5. The van der Waals surface area contributed by atoms with Gasteiger partial charge in [-0.05, 0) is 69.3 Å². The predicted molar refractivity (Wildman–Crippen MR) is 102 cm³/mol. The van der Waals surface area contributed by atoms with Crippen LogP contribution in [0.2, 0.25) is 0 Å². The Morgan fingerprint density at radius 1 is 1.08 bits per heavy atom. The lowest BCUT2D eigenvalue weighted by Crippen LogP contribution is -2.34. The van der Waals surface area contributed by atoms with Crippen LogP contribution in [0.1, 0.15) is 53.7 Å². The quantitative estimate of drug-likeness (QED) is 0.822. The normalized spacial score (nSPS) is 22.7. The molecule has 2 aromatic rings. The van der Waals surface area contributed by atoms with Crippen LogP contribution in [-0.2, 0) is 20.1 Å². The van der Waals surface area contributed by atoms with Gasteiger partial charge in [0, 0.05) is 30.9 Å². The molecule has 6 heteroatoms. The first-order chi connectivity index (χ1) is 12.2. The van der Waals surface area contributed by atoms with Crippen molar-refractivity contribution in [2.24, 2.45) is 7.05 Å². The Morgan fingerprint density at radius 3 is 2.64 bits per heavy atom. The molecule has 4 heterocycles. The van der Waals surface area contributed by atoms with Gasteiger partial charge in [0.2, 0.25) is 0 Å². The van der Waals surface area contributed by atoms with Crippen LogP contribution in [0.3, 0.4) is 0 Å². The number of hydrogen-bond acceptors (Lipinski definition) is 5. The Morgan fingerprint density at radius 2 is 1.88 bits per heavy atom. The van der Waals surface area contributed by atoms with Crippen molar-refractivity contribution in [1.29, 1.82) is 0 Å². The second-order valence-corrected chi connectivity index (χ2v) is 8.62. The number of aryl methyl sites for hydroxylation is 1. The molecule has 4 rings (SSSR count). The SMILES string of the molecule is Cc1ccsc1CN1CCC[C@H](c2nnc(CN3CCCC3)n2C)C1. The minimum Gasteiger partial charge on any atom is -0.317 e. The molecule has 5 nitrogen and oxygen atoms in total. The largest absolute Gasteiger partial charge is 0.317 e. The lowest BCUT2D eigenvalue weighted by Gasteiger charge is -2.32. The molecule has 2 aromatic heterocycles. The molecule has 0 N–H and O–H groups in total. The van der Waals surface area contributed by atoms with E-state index in [4.69, 9.17) is 0 Å². The van der Waals surface area contributed by atoms with Crippen LogP contribution < -0.4 is 0 Å². The first kappa shape index (κ1) is 17.2. The summed E-state index contributed by atoms with van der Waals surface area (Å²) in [7, 11) is 2.16. The molecule has 0 aliphatic carbocycles. The van der Waals surface area contributed by atoms with Crippen LogP contribution in [0, 0.1) is 6.92 Å². The van der Waals surface area contributed by atoms with Crippen molar-refractivity contribution in [2.75, 3.05) is 26.2 Å². The molecule has 2 aliphatic rings. The van der Waals surface area contributed by atoms with Crippen molar-refractivity contribution in [2.45, 2.75) is 51.6 Å². The maximum atomic E-state index is 4.59. The van der Waals surface area contributed by atoms with Gasteiger partial charge >= 0.3 is 0 Å². The molecule has 0 unspecified atom stereocenters. The minimum atomic E-state index is 0.513. The van der Waals surface area contributed by atoms with Crippen molar-refractivity contribution < 1.29 is 0 Å². The van der Waals surface area contributed by atoms with E-state index in [0.717, 1.165) is 25.5 Å². The summed E-state index contributed by atoms with van der Waals surface area (Å²) < 4.78 is 2.27. The molecule has 0 bridgehead atoms. The summed E-state index contributed by atoms with van der Waals surface area (Å²) in [5.41, 5.74) is 1.43. The number of hydrogen-bond donors (Lipinski definition) is 0. The highest BCUT2D eigenvalue weighted by Gasteiger charge is 2.27. The van der Waals surface area contributed by atoms with Gasteiger partial charge in [-0.3, -0.25) is 9.80 Å². The molecule has 0 saturated carbocycles. The first-order valence-electron chi connectivity index (χ1n) is 9.56. The number of piperidine rings is 1. The van der Waals surface area contributed by atoms with E-state index in [1.807, 2.05) is 11.3 Å². The third-order valence-electron chi connectivity index (χ3n) is 5.77. The van der Waals surface area contributed by atoms with Crippen LogP contribution in [0.4, 0.5) is 0 Å². The lowest BCUT2D eigenvalue weighted by molar-refractivity contribution is 0.196. The average molecular weight is 360 g/mol. The van der Waals surface area contributed by atoms with Crippen LogP contribution in [0.5, 0.6) is 0 Å². The fourth-order valence-corrected chi connectivity index (χ4v) is 5.14. The van der Waals surface area contributed by atoms with Gasteiger partial charge in [0.25, 0.3) is 0 Å². The van der Waals surface area contributed by atoms with E-state index in [1.165, 1.54) is 61.6 Å². The molecule has 0 spiro atoms. The topological polar surface area (TPSA) is 37.2 Å². The van der Waals surface area contributed by atoms with E-state index in [1.54, 1.807) is 0 Å². The van der Waals surface area contributed by atoms with E-state index >= 15 is 0 Å². The molecule has 0 aromatic carbocycles. The van der Waals surface area contributed by atoms with Crippen molar-refractivity contribution in [3.63, 3.8) is 0 Å². The lowest BCUT2D eigenvalue weighted by atomic mass is 9.97. The van der Waals surface area contributed by atoms with Gasteiger partial charge < -0.3 is 4.57 Å². The third-order valence-corrected chi connectivity index (χ3v) is 6.78. The van der Waals surface area contributed by atoms with Gasteiger partial charge in [-0.1, -0.05) is 0 Å². The molecule has 1 atom stereocenters. The predicted octanol–water partition coefficient (Wildman–Crippen LogP) is 3.16. The Balaban J connectivity index is 1.42. The Labute approximate surface area is 154 Å². The second kappa shape index (κ2) is 7.56. The Hall–Kier alpha value is -1.24. The summed E-state index contributed by atoms with van der Waals surface area (Å²) in [6, 6.07) is 2.23. The van der Waals surface area contributed by atoms with Crippen LogP contribution in [0.25, 0.3) is 0 Å². The smallest absolute Gasteiger partial charge is 0.146 e. The highest BCUT2D eigenvalue weighted by Crippen LogP contribution is 2.28. The summed E-state index contributed by atoms with van der Waals surface area (Å²) in [5, 5.41) is 11.3. The standard InChI is InChI=1S/C19H29N5S/c1-15-7-11-25-17(15)13-24-10-5-6-16(12-24)19-21-20-18(22(19)2)14-23-8-3-4-9-23/h7,11,16H,3-6,8-10,12-14H2,1-2H3/t16-/m0/s1. The Bertz CT molecular complexity index is 700. The van der Waals surface area contributed by atoms with Crippen molar-refractivity contribution in [3.05, 3.63) is 33.5 Å². The minimum absolute atomic E-state index is 0.513. The molecule has 0 amide bonds. The molecule has 2 fully saturated rings. The zero-order valence-electron chi connectivity index (χ0n) is 15.4. The highest BCUT2D eigenvalue weighted by atomic mass is 32.1. The van der Waals surface area contributed by atoms with Gasteiger partial charge in [-0.15, -0.1) is 21.5 Å². The molecule has 25 heavy (non-hydrogen) atoms. The highest BCUT2D eigenvalue weighted by molar-refractivity contribution is 7.10. The molecule has 2 aliphatic heterocycles. The van der Waals surface area contributed by atoms with Gasteiger partial charge in [0.05, 0.1) is 6.54 Å². The van der Waals surface area contributed by atoms with E-state index in [2.05, 4.69) is 50.0 Å². The van der Waals surface area contributed by atoms with E-state index < -0.39 is 0 Å². The number of nitrogens with zero attached hydrogens (tertiary/aromatic N) is 5. The van der Waals surface area contributed by atoms with E-state index in [-0.39, 0.29) is 0 Å². The Kier molecular flexibility index (Phi) is 5.20. The molecular formula is C19H29N5S. The molecule has 2 saturated heterocycles. The molecule has 136 valence electrons. The summed E-state index contributed by atoms with van der Waals surface area (Å²) in [5.74, 6) is 2.82. The average Bonchev–Trinajstić information content (AvgIpc) is 3.33. The van der Waals surface area contributed by atoms with E-state index in [9.17, 15) is 0 Å². The zero-order valence-corrected chi connectivity index (χ0v) is 16.3. The van der Waals surface area contributed by atoms with E-state index in [0.29, 0.717) is 5.92 Å². The monoisotopic (exact) mass is 359 g/mol. The van der Waals surface area contributed by atoms with Crippen molar-refractivity contribution in [1.82, 2.24) is 24.6 Å². The van der Waals surface area contributed by atoms with Crippen LogP contribution in [-0.4, -0.2) is 50.7 Å². The van der Waals surface area contributed by atoms with Crippen molar-refractivity contribution in [3.8, 4) is 0 Å². The summed E-state index contributed by atoms with van der Waals surface area (Å²) >= 11 is 1.88. The van der Waals surface area contributed by atoms with Gasteiger partial charge in [-0.25, -0.2) is 0 Å². The first-order valence-corrected chi connectivity index (χ1v) is 10.4. The van der Waals surface area contributed by atoms with Gasteiger partial charge in [0.15, 0.2) is 0 Å². The van der Waals surface area contributed by atoms with Gasteiger partial charge in [0.1, 0.15) is 11.6 Å². The summed E-state index contributed by atoms with van der Waals surface area (Å²) in [6.07, 6.45) is 5.13. The maximum Gasteiger partial charge on any atom is 0.146 e. The molecule has 0 radical (unpaired) electrons. The second-order valence-electron chi connectivity index (χ2n) is 7.62. The van der Waals surface area contributed by atoms with Crippen LogP contribution >= 0.6 is 11.3 Å². The van der Waals surface area contributed by atoms with Crippen molar-refractivity contribution >= 4 is 11.3 Å². The van der Waals surface area contributed by atoms with Crippen LogP contribution in [0.15, 0.2) is 11.4 Å². The zero-order chi connectivity index (χ0) is 17.2. The fraction of sp³-hybridized carbons (Fsp3) is 0.684. The maximum absolute atomic E-state index is 4.59. The fourth-order valence-electron chi connectivity index (χ4n) is 4.19. The number of thiophene rings is 1. The van der Waals surface area contributed by atoms with Gasteiger partial charge in [-0.2, -0.15) is 0 Å². The third kappa shape index (κ3) is 3.81. The summed E-state index contributed by atoms with van der Waals surface area (Å²) in [6.45, 7) is 8.98. The summed E-state index contributed by atoms with van der Waals surface area (Å²) in [4.78, 5) is 6.61. The number of aromatic nitrogens is 3. The molecular weight excluding hydrogens is 330 g/mol. The number of likely N-dealkylation sites (tertiary alicyclic amines) is 2.